The van der Waals surface area contributed by atoms with E-state index in [1.807, 2.05) is 30.7 Å². The van der Waals surface area contributed by atoms with E-state index in [-0.39, 0.29) is 5.91 Å². The third-order valence-electron chi connectivity index (χ3n) is 4.07. The quantitative estimate of drug-likeness (QED) is 0.564. The number of amides is 1. The molecule has 0 saturated heterocycles. The zero-order chi connectivity index (χ0) is 16.7. The molecule has 0 spiro atoms. The van der Waals surface area contributed by atoms with E-state index >= 15 is 0 Å². The first kappa shape index (κ1) is 14.8. The minimum Gasteiger partial charge on any atom is -0.319 e. The lowest BCUT2D eigenvalue weighted by atomic mass is 10.1. The van der Waals surface area contributed by atoms with Gasteiger partial charge < -0.3 is 4.57 Å². The van der Waals surface area contributed by atoms with Gasteiger partial charge in [-0.15, -0.1) is 0 Å². The predicted octanol–water partition coefficient (Wildman–Crippen LogP) is 3.35. The zero-order valence-corrected chi connectivity index (χ0v) is 14.2. The highest BCUT2D eigenvalue weighted by Crippen LogP contribution is 2.26. The molecule has 0 fully saturated rings. The van der Waals surface area contributed by atoms with Crippen molar-refractivity contribution >= 4 is 38.2 Å². The van der Waals surface area contributed by atoms with Crippen LogP contribution in [0, 0.1) is 0 Å². The van der Waals surface area contributed by atoms with Gasteiger partial charge in [0.25, 0.3) is 5.91 Å². The molecular weight excluding hydrogens is 320 g/mol. The van der Waals surface area contributed by atoms with Gasteiger partial charge in [-0.2, -0.15) is 10.1 Å². The lowest BCUT2D eigenvalue weighted by Crippen LogP contribution is -2.13. The molecule has 0 saturated carbocycles. The molecule has 4 aromatic rings. The smallest absolute Gasteiger partial charge is 0.300 e. The van der Waals surface area contributed by atoms with Crippen molar-refractivity contribution < 1.29 is 4.79 Å². The highest BCUT2D eigenvalue weighted by molar-refractivity contribution is 7.16. The first-order chi connectivity index (χ1) is 11.7. The van der Waals surface area contributed by atoms with Crippen molar-refractivity contribution in [2.75, 3.05) is 0 Å². The molecule has 2 aromatic heterocycles. The van der Waals surface area contributed by atoms with Crippen LogP contribution in [-0.2, 0) is 13.6 Å². The number of aryl methyl sites for hydroxylation is 2. The Labute approximate surface area is 142 Å². The Morgan fingerprint density at radius 1 is 1.21 bits per heavy atom. The van der Waals surface area contributed by atoms with Crippen molar-refractivity contribution in [1.29, 1.82) is 0 Å². The summed E-state index contributed by atoms with van der Waals surface area (Å²) in [7, 11) is 1.95. The molecule has 0 aliphatic carbocycles. The summed E-state index contributed by atoms with van der Waals surface area (Å²) in [6.07, 6.45) is 1.79. The van der Waals surface area contributed by atoms with Crippen LogP contribution in [0.4, 0.5) is 0 Å². The number of thiazole rings is 1. The Morgan fingerprint density at radius 3 is 2.83 bits per heavy atom. The van der Waals surface area contributed by atoms with E-state index in [0.717, 1.165) is 22.1 Å². The van der Waals surface area contributed by atoms with Gasteiger partial charge in [0.2, 0.25) is 0 Å². The van der Waals surface area contributed by atoms with E-state index in [4.69, 9.17) is 0 Å². The molecule has 1 amide bonds. The van der Waals surface area contributed by atoms with Crippen LogP contribution >= 0.6 is 11.3 Å². The van der Waals surface area contributed by atoms with E-state index < -0.39 is 0 Å². The molecule has 6 heteroatoms. The lowest BCUT2D eigenvalue weighted by Gasteiger charge is -2.01. The number of hydrogen-bond donors (Lipinski definition) is 0. The number of benzene rings is 2. The van der Waals surface area contributed by atoms with Crippen molar-refractivity contribution in [2.45, 2.75) is 13.5 Å². The minimum atomic E-state index is -0.311. The van der Waals surface area contributed by atoms with Crippen molar-refractivity contribution in [1.82, 2.24) is 14.3 Å². The number of aromatic nitrogens is 3. The molecule has 0 bridgehead atoms. The van der Waals surface area contributed by atoms with Gasteiger partial charge in [0, 0.05) is 25.2 Å². The van der Waals surface area contributed by atoms with E-state index in [9.17, 15) is 4.79 Å². The molecule has 4 rings (SSSR count). The predicted molar refractivity (Wildman–Crippen MR) is 96.1 cm³/mol. The van der Waals surface area contributed by atoms with Crippen LogP contribution in [0.15, 0.2) is 53.7 Å². The summed E-state index contributed by atoms with van der Waals surface area (Å²) in [6.45, 7) is 2.71. The van der Waals surface area contributed by atoms with Crippen LogP contribution in [0.2, 0.25) is 0 Å². The molecule has 120 valence electrons. The van der Waals surface area contributed by atoms with Gasteiger partial charge in [0.1, 0.15) is 0 Å². The first-order valence-electron chi connectivity index (χ1n) is 7.77. The number of hydrogen-bond acceptors (Lipinski definition) is 3. The third-order valence-corrected chi connectivity index (χ3v) is 5.17. The first-order valence-corrected chi connectivity index (χ1v) is 8.59. The summed E-state index contributed by atoms with van der Waals surface area (Å²) in [5, 5.41) is 6.57. The van der Waals surface area contributed by atoms with Crippen molar-refractivity contribution in [3.05, 3.63) is 59.2 Å². The zero-order valence-electron chi connectivity index (χ0n) is 13.4. The maximum atomic E-state index is 12.4. The molecule has 24 heavy (non-hydrogen) atoms. The third kappa shape index (κ3) is 2.35. The number of fused-ring (bicyclic) bond motifs is 3. The average molecular weight is 336 g/mol. The van der Waals surface area contributed by atoms with E-state index in [1.54, 1.807) is 16.9 Å². The summed E-state index contributed by atoms with van der Waals surface area (Å²) in [4.78, 5) is 17.4. The van der Waals surface area contributed by atoms with E-state index in [0.29, 0.717) is 10.5 Å². The SMILES string of the molecule is CCn1ccc(C(=O)N=c2sc3ccc4ccccc4c3n2C)n1. The van der Waals surface area contributed by atoms with Crippen LogP contribution in [0.3, 0.4) is 0 Å². The Hall–Kier alpha value is -2.73. The van der Waals surface area contributed by atoms with Gasteiger partial charge in [-0.05, 0) is 24.4 Å². The second kappa shape index (κ2) is 5.72. The van der Waals surface area contributed by atoms with Gasteiger partial charge >= 0.3 is 0 Å². The van der Waals surface area contributed by atoms with Gasteiger partial charge in [-0.25, -0.2) is 0 Å². The highest BCUT2D eigenvalue weighted by atomic mass is 32.1. The van der Waals surface area contributed by atoms with Crippen LogP contribution in [0.25, 0.3) is 21.0 Å². The Morgan fingerprint density at radius 2 is 2.04 bits per heavy atom. The number of carbonyl (C=O) groups is 1. The minimum absolute atomic E-state index is 0.311. The van der Waals surface area contributed by atoms with Gasteiger partial charge in [-0.3, -0.25) is 9.48 Å². The molecule has 0 unspecified atom stereocenters. The standard InChI is InChI=1S/C18H16N4OS/c1-3-22-11-10-14(20-22)17(23)19-18-21(2)16-13-7-5-4-6-12(13)8-9-15(16)24-18/h4-11H,3H2,1-2H3. The largest absolute Gasteiger partial charge is 0.319 e. The molecule has 2 heterocycles. The highest BCUT2D eigenvalue weighted by Gasteiger charge is 2.11. The lowest BCUT2D eigenvalue weighted by molar-refractivity contribution is 0.0992. The molecule has 5 nitrogen and oxygen atoms in total. The molecule has 0 radical (unpaired) electrons. The van der Waals surface area contributed by atoms with E-state index in [1.165, 1.54) is 16.7 Å². The molecule has 0 aliphatic heterocycles. The monoisotopic (exact) mass is 336 g/mol. The van der Waals surface area contributed by atoms with Crippen molar-refractivity contribution in [3.63, 3.8) is 0 Å². The van der Waals surface area contributed by atoms with Crippen LogP contribution in [0.5, 0.6) is 0 Å². The van der Waals surface area contributed by atoms with Crippen molar-refractivity contribution in [2.24, 2.45) is 12.0 Å². The number of nitrogens with zero attached hydrogens (tertiary/aromatic N) is 4. The molecule has 0 N–H and O–H groups in total. The summed E-state index contributed by atoms with van der Waals surface area (Å²) in [5.74, 6) is -0.311. The summed E-state index contributed by atoms with van der Waals surface area (Å²) >= 11 is 1.52. The van der Waals surface area contributed by atoms with Gasteiger partial charge in [0.05, 0.1) is 10.2 Å². The maximum Gasteiger partial charge on any atom is 0.300 e. The van der Waals surface area contributed by atoms with Crippen LogP contribution in [-0.4, -0.2) is 20.3 Å². The second-order valence-electron chi connectivity index (χ2n) is 5.55. The van der Waals surface area contributed by atoms with Gasteiger partial charge in [0.15, 0.2) is 10.5 Å². The number of rotatable bonds is 2. The van der Waals surface area contributed by atoms with Crippen molar-refractivity contribution in [3.8, 4) is 0 Å². The molecule has 0 atom stereocenters. The van der Waals surface area contributed by atoms with Crippen LogP contribution in [0.1, 0.15) is 17.4 Å². The Balaban J connectivity index is 1.89. The fourth-order valence-corrected chi connectivity index (χ4v) is 3.85. The molecular formula is C18H16N4OS. The second-order valence-corrected chi connectivity index (χ2v) is 6.56. The number of carbonyl (C=O) groups excluding carboxylic acids is 1. The average Bonchev–Trinajstić information content (AvgIpc) is 3.20. The summed E-state index contributed by atoms with van der Waals surface area (Å²) in [6, 6.07) is 14.1. The molecule has 2 aromatic carbocycles. The topological polar surface area (TPSA) is 52.2 Å². The summed E-state index contributed by atoms with van der Waals surface area (Å²) < 4.78 is 4.82. The summed E-state index contributed by atoms with van der Waals surface area (Å²) in [5.41, 5.74) is 1.47. The fraction of sp³-hybridized carbons (Fsp3) is 0.167. The van der Waals surface area contributed by atoms with Crippen LogP contribution < -0.4 is 4.80 Å². The molecule has 0 aliphatic rings. The maximum absolute atomic E-state index is 12.4. The normalized spacial score (nSPS) is 12.3. The fourth-order valence-electron chi connectivity index (χ4n) is 2.82. The Kier molecular flexibility index (Phi) is 3.54. The van der Waals surface area contributed by atoms with Gasteiger partial charge in [-0.1, -0.05) is 41.7 Å². The Bertz CT molecular complexity index is 1130. The van der Waals surface area contributed by atoms with E-state index in [2.05, 4.69) is 34.4 Å².